The highest BCUT2D eigenvalue weighted by Gasteiger charge is 2.59. The molecular formula is C23H45NO5Si. The van der Waals surface area contributed by atoms with Gasteiger partial charge in [-0.25, -0.2) is 0 Å². The molecule has 1 N–H and O–H groups in total. The molecule has 3 unspecified atom stereocenters. The Labute approximate surface area is 185 Å². The second kappa shape index (κ2) is 9.85. The molecule has 0 aromatic heterocycles. The van der Waals surface area contributed by atoms with Gasteiger partial charge in [0.25, 0.3) is 0 Å². The van der Waals surface area contributed by atoms with E-state index in [1.54, 1.807) is 0 Å². The zero-order valence-electron chi connectivity index (χ0n) is 20.1. The normalized spacial score (nSPS) is 34.5. The largest absolute Gasteiger partial charge is 0.680 e. The summed E-state index contributed by atoms with van der Waals surface area (Å²) < 4.78 is 25.9. The topological polar surface area (TPSA) is 60.4 Å². The molecule has 7 heteroatoms. The van der Waals surface area contributed by atoms with Gasteiger partial charge in [-0.15, -0.1) is 0 Å². The van der Waals surface area contributed by atoms with Crippen LogP contribution in [0.1, 0.15) is 106 Å². The first-order valence-corrected chi connectivity index (χ1v) is 13.9. The van der Waals surface area contributed by atoms with Gasteiger partial charge in [-0.1, -0.05) is 39.0 Å². The van der Waals surface area contributed by atoms with Crippen LogP contribution in [0.25, 0.3) is 0 Å². The molecule has 30 heavy (non-hydrogen) atoms. The zero-order chi connectivity index (χ0) is 22.0. The Balaban J connectivity index is 1.71. The van der Waals surface area contributed by atoms with Crippen molar-refractivity contribution in [1.82, 2.24) is 5.06 Å². The Morgan fingerprint density at radius 3 is 2.07 bits per heavy atom. The highest BCUT2D eigenvalue weighted by atomic mass is 28.4. The number of piperidine rings is 1. The third-order valence-corrected chi connectivity index (χ3v) is 9.34. The van der Waals surface area contributed by atoms with Crippen molar-refractivity contribution in [2.45, 2.75) is 135 Å². The molecule has 3 atom stereocenters. The molecule has 2 heterocycles. The average Bonchev–Trinajstić information content (AvgIpc) is 3.41. The molecule has 3 aliphatic rings. The Morgan fingerprint density at radius 1 is 0.933 bits per heavy atom. The van der Waals surface area contributed by atoms with Crippen molar-refractivity contribution < 1.29 is 22.9 Å². The molecule has 3 rings (SSSR count). The highest BCUT2D eigenvalue weighted by Crippen LogP contribution is 2.42. The van der Waals surface area contributed by atoms with Crippen LogP contribution >= 0.6 is 0 Å². The van der Waals surface area contributed by atoms with Gasteiger partial charge in [-0.3, -0.25) is 0 Å². The minimum atomic E-state index is -3.20. The minimum absolute atomic E-state index is 0.0601. The summed E-state index contributed by atoms with van der Waals surface area (Å²) >= 11 is 0. The van der Waals surface area contributed by atoms with Gasteiger partial charge in [-0.2, -0.15) is 5.06 Å². The van der Waals surface area contributed by atoms with Crippen LogP contribution in [0.15, 0.2) is 0 Å². The summed E-state index contributed by atoms with van der Waals surface area (Å²) in [6.45, 7) is 13.0. The summed E-state index contributed by atoms with van der Waals surface area (Å²) in [6.07, 6.45) is 11.1. The lowest BCUT2D eigenvalue weighted by Gasteiger charge is -2.51. The van der Waals surface area contributed by atoms with E-state index in [2.05, 4.69) is 34.6 Å². The Kier molecular flexibility index (Phi) is 8.09. The molecule has 1 saturated carbocycles. The van der Waals surface area contributed by atoms with E-state index in [1.807, 2.05) is 6.92 Å². The van der Waals surface area contributed by atoms with Gasteiger partial charge in [0.15, 0.2) is 0 Å². The first-order valence-electron chi connectivity index (χ1n) is 12.3. The molecule has 0 aromatic carbocycles. The quantitative estimate of drug-likeness (QED) is 0.339. The molecule has 2 saturated heterocycles. The van der Waals surface area contributed by atoms with Gasteiger partial charge in [0, 0.05) is 17.7 Å². The molecule has 0 radical (unpaired) electrons. The van der Waals surface area contributed by atoms with Crippen LogP contribution in [-0.2, 0) is 17.7 Å². The third-order valence-electron chi connectivity index (χ3n) is 6.89. The summed E-state index contributed by atoms with van der Waals surface area (Å²) in [6, 6.07) is 0. The van der Waals surface area contributed by atoms with Crippen molar-refractivity contribution in [3.8, 4) is 0 Å². The number of hydrogen-bond donors (Lipinski definition) is 1. The summed E-state index contributed by atoms with van der Waals surface area (Å²) in [5, 5.41) is 12.1. The van der Waals surface area contributed by atoms with Crippen LogP contribution in [0.5, 0.6) is 0 Å². The van der Waals surface area contributed by atoms with Gasteiger partial charge >= 0.3 is 9.05 Å². The molecule has 3 fully saturated rings. The van der Waals surface area contributed by atoms with Gasteiger partial charge in [0.05, 0.1) is 18.3 Å². The van der Waals surface area contributed by atoms with Gasteiger partial charge in [0.1, 0.15) is 0 Å². The predicted molar refractivity (Wildman–Crippen MR) is 119 cm³/mol. The van der Waals surface area contributed by atoms with E-state index < -0.39 is 9.05 Å². The maximum Gasteiger partial charge on any atom is 0.680 e. The fourth-order valence-electron chi connectivity index (χ4n) is 5.24. The molecule has 1 aliphatic carbocycles. The van der Waals surface area contributed by atoms with Crippen LogP contribution in [-0.4, -0.2) is 55.3 Å². The maximum atomic E-state index is 10.6. The van der Waals surface area contributed by atoms with Crippen molar-refractivity contribution in [2.24, 2.45) is 5.92 Å². The van der Waals surface area contributed by atoms with Crippen LogP contribution in [0.2, 0.25) is 0 Å². The Morgan fingerprint density at radius 2 is 1.53 bits per heavy atom. The fourth-order valence-corrected chi connectivity index (χ4v) is 7.82. The van der Waals surface area contributed by atoms with E-state index in [-0.39, 0.29) is 29.4 Å². The molecule has 0 amide bonds. The number of rotatable bonds is 11. The van der Waals surface area contributed by atoms with E-state index in [0.29, 0.717) is 19.4 Å². The van der Waals surface area contributed by atoms with Crippen molar-refractivity contribution in [2.75, 3.05) is 6.61 Å². The first kappa shape index (κ1) is 24.6. The van der Waals surface area contributed by atoms with E-state index >= 15 is 0 Å². The van der Waals surface area contributed by atoms with Gasteiger partial charge < -0.3 is 22.9 Å². The van der Waals surface area contributed by atoms with Crippen molar-refractivity contribution >= 4 is 9.05 Å². The van der Waals surface area contributed by atoms with Gasteiger partial charge in [0.2, 0.25) is 0 Å². The highest BCUT2D eigenvalue weighted by molar-refractivity contribution is 6.54. The first-order chi connectivity index (χ1) is 14.1. The minimum Gasteiger partial charge on any atom is -0.351 e. The molecule has 0 bridgehead atoms. The predicted octanol–water partition coefficient (Wildman–Crippen LogP) is 5.44. The van der Waals surface area contributed by atoms with Crippen molar-refractivity contribution in [3.05, 3.63) is 0 Å². The molecule has 176 valence electrons. The smallest absolute Gasteiger partial charge is 0.351 e. The van der Waals surface area contributed by atoms with Crippen molar-refractivity contribution in [3.63, 3.8) is 0 Å². The third kappa shape index (κ3) is 6.06. The molecule has 0 aromatic rings. The summed E-state index contributed by atoms with van der Waals surface area (Å²) in [7, 11) is -3.20. The van der Waals surface area contributed by atoms with Crippen LogP contribution in [0.4, 0.5) is 0 Å². The van der Waals surface area contributed by atoms with Crippen LogP contribution < -0.4 is 0 Å². The fraction of sp³-hybridized carbons (Fsp3) is 1.00. The number of unbranched alkanes of at least 4 members (excludes halogenated alkanes) is 2. The standard InChI is InChI=1S/C23H45NO5Si/c1-7-9-10-11-20-21(15-14-18-12-13-18)29-30(28-20,26-8-2)27-19-16-22(3,4)24(25)23(5,6)17-19/h18-21,25H,7-17H2,1-6H3. The maximum absolute atomic E-state index is 10.6. The van der Waals surface area contributed by atoms with E-state index in [0.717, 1.165) is 25.2 Å². The molecule has 2 aliphatic heterocycles. The number of nitrogens with zero attached hydrogens (tertiary/aromatic N) is 1. The molecular weight excluding hydrogens is 398 g/mol. The van der Waals surface area contributed by atoms with Crippen LogP contribution in [0, 0.1) is 5.92 Å². The summed E-state index contributed by atoms with van der Waals surface area (Å²) in [4.78, 5) is 0. The van der Waals surface area contributed by atoms with E-state index in [9.17, 15) is 5.21 Å². The lowest BCUT2D eigenvalue weighted by molar-refractivity contribution is -0.258. The van der Waals surface area contributed by atoms with E-state index in [1.165, 1.54) is 37.2 Å². The Hall–Kier alpha value is -0.0231. The van der Waals surface area contributed by atoms with Crippen LogP contribution in [0.3, 0.4) is 0 Å². The lowest BCUT2D eigenvalue weighted by atomic mass is 9.80. The monoisotopic (exact) mass is 443 g/mol. The summed E-state index contributed by atoms with van der Waals surface area (Å²) in [5.41, 5.74) is -0.753. The second-order valence-electron chi connectivity index (χ2n) is 10.8. The lowest BCUT2D eigenvalue weighted by Crippen LogP contribution is -2.62. The van der Waals surface area contributed by atoms with Gasteiger partial charge in [-0.05, 0) is 72.6 Å². The number of hydrogen-bond acceptors (Lipinski definition) is 6. The molecule has 6 nitrogen and oxygen atoms in total. The second-order valence-corrected chi connectivity index (χ2v) is 12.8. The molecule has 0 spiro atoms. The summed E-state index contributed by atoms with van der Waals surface area (Å²) in [5.74, 6) is 0.880. The van der Waals surface area contributed by atoms with Crippen molar-refractivity contribution in [1.29, 1.82) is 0 Å². The zero-order valence-corrected chi connectivity index (χ0v) is 21.1. The average molecular weight is 444 g/mol. The van der Waals surface area contributed by atoms with E-state index in [4.69, 9.17) is 17.7 Å². The number of hydroxylamine groups is 2. The Bertz CT molecular complexity index is 538. The SMILES string of the molecule is CCCCCC1O[Si](OCC)(OC2CC(C)(C)N(O)C(C)(C)C2)OC1CCC1CC1.